The number of amides is 1. The zero-order valence-electron chi connectivity index (χ0n) is 21.7. The summed E-state index contributed by atoms with van der Waals surface area (Å²) in [6, 6.07) is 17.0. The van der Waals surface area contributed by atoms with Gasteiger partial charge in [0.05, 0.1) is 0 Å². The summed E-state index contributed by atoms with van der Waals surface area (Å²) in [5.74, 6) is 1.68. The lowest BCUT2D eigenvalue weighted by molar-refractivity contribution is -0.101. The predicted molar refractivity (Wildman–Crippen MR) is 141 cm³/mol. The van der Waals surface area contributed by atoms with Crippen LogP contribution in [0.15, 0.2) is 48.5 Å². The van der Waals surface area contributed by atoms with E-state index in [4.69, 9.17) is 0 Å². The molecule has 1 amide bonds. The quantitative estimate of drug-likeness (QED) is 0.691. The molecule has 4 bridgehead atoms. The molecule has 0 aromatic heterocycles. The third-order valence-electron chi connectivity index (χ3n) is 10.9. The van der Waals surface area contributed by atoms with Crippen molar-refractivity contribution in [2.75, 3.05) is 40.3 Å². The van der Waals surface area contributed by atoms with Gasteiger partial charge < -0.3 is 14.9 Å². The topological polar surface area (TPSA) is 47.0 Å². The Morgan fingerprint density at radius 3 is 2.78 bits per heavy atom. The van der Waals surface area contributed by atoms with Gasteiger partial charge in [0.25, 0.3) is 5.91 Å². The number of phenolic OH excluding ortho intramolecular Hbond substituents is 1. The lowest BCUT2D eigenvalue weighted by atomic mass is 9.43. The van der Waals surface area contributed by atoms with Crippen LogP contribution in [0.5, 0.6) is 5.75 Å². The third kappa shape index (κ3) is 2.93. The largest absolute Gasteiger partial charge is 0.508 e. The number of carbonyl (C=O) groups excluding carboxylic acids is 1. The number of hydrogen-bond acceptors (Lipinski definition) is 4. The summed E-state index contributed by atoms with van der Waals surface area (Å²) >= 11 is 0. The van der Waals surface area contributed by atoms with Crippen molar-refractivity contribution in [3.8, 4) is 5.75 Å². The van der Waals surface area contributed by atoms with Crippen LogP contribution < -0.4 is 0 Å². The Kier molecular flexibility index (Phi) is 5.11. The molecule has 190 valence electrons. The molecule has 2 aromatic carbocycles. The zero-order valence-corrected chi connectivity index (χ0v) is 21.7. The van der Waals surface area contributed by atoms with E-state index in [9.17, 15) is 9.90 Å². The van der Waals surface area contributed by atoms with Crippen molar-refractivity contribution >= 4 is 5.91 Å². The van der Waals surface area contributed by atoms with Gasteiger partial charge in [-0.05, 0) is 125 Å². The summed E-state index contributed by atoms with van der Waals surface area (Å²) in [6.07, 6.45) is 7.04. The van der Waals surface area contributed by atoms with Gasteiger partial charge in [-0.2, -0.15) is 0 Å². The van der Waals surface area contributed by atoms with E-state index in [2.05, 4.69) is 40.9 Å². The SMILES string of the molecule is CN(C)CCCN1CCC23c4cc(O)ccc4CC1C21CCC2C3[C@@H](CN2C(=O)c2ccccc2)C1. The van der Waals surface area contributed by atoms with Crippen LogP contribution in [0.2, 0.25) is 0 Å². The molecule has 5 unspecified atom stereocenters. The van der Waals surface area contributed by atoms with Gasteiger partial charge in [0.15, 0.2) is 0 Å². The van der Waals surface area contributed by atoms with E-state index in [0.717, 1.165) is 44.5 Å². The van der Waals surface area contributed by atoms with Crippen LogP contribution in [0.4, 0.5) is 0 Å². The molecule has 0 radical (unpaired) electrons. The zero-order chi connectivity index (χ0) is 24.7. The molecule has 3 aliphatic carbocycles. The smallest absolute Gasteiger partial charge is 0.254 e. The highest BCUT2D eigenvalue weighted by atomic mass is 16.3. The molecular formula is C31H39N3O2. The second-order valence-corrected chi connectivity index (χ2v) is 12.6. The van der Waals surface area contributed by atoms with Crippen LogP contribution in [0.3, 0.4) is 0 Å². The molecule has 2 saturated carbocycles. The van der Waals surface area contributed by atoms with Crippen LogP contribution in [-0.2, 0) is 11.8 Å². The Bertz CT molecular complexity index is 1180. The van der Waals surface area contributed by atoms with Crippen LogP contribution in [-0.4, -0.2) is 78.1 Å². The van der Waals surface area contributed by atoms with Crippen molar-refractivity contribution in [2.24, 2.45) is 17.3 Å². The lowest BCUT2D eigenvalue weighted by Crippen LogP contribution is -2.69. The number of nitrogens with zero attached hydrogens (tertiary/aromatic N) is 3. The Morgan fingerprint density at radius 1 is 1.14 bits per heavy atom. The van der Waals surface area contributed by atoms with Gasteiger partial charge in [0.2, 0.25) is 0 Å². The van der Waals surface area contributed by atoms with Gasteiger partial charge in [0, 0.05) is 29.6 Å². The molecule has 7 rings (SSSR count). The molecule has 5 aliphatic rings. The number of hydrogen-bond donors (Lipinski definition) is 1. The van der Waals surface area contributed by atoms with Gasteiger partial charge in [-0.3, -0.25) is 9.69 Å². The maximum atomic E-state index is 13.7. The Morgan fingerprint density at radius 2 is 1.97 bits per heavy atom. The van der Waals surface area contributed by atoms with E-state index in [1.165, 1.54) is 36.9 Å². The summed E-state index contributed by atoms with van der Waals surface area (Å²) in [7, 11) is 4.34. The molecule has 4 fully saturated rings. The van der Waals surface area contributed by atoms with Crippen molar-refractivity contribution in [3.63, 3.8) is 0 Å². The van der Waals surface area contributed by atoms with Crippen LogP contribution in [0.1, 0.15) is 53.6 Å². The Labute approximate surface area is 215 Å². The Balaban J connectivity index is 1.29. The van der Waals surface area contributed by atoms with Gasteiger partial charge in [-0.15, -0.1) is 0 Å². The normalized spacial score (nSPS) is 36.1. The van der Waals surface area contributed by atoms with Crippen molar-refractivity contribution in [1.82, 2.24) is 14.7 Å². The summed E-state index contributed by atoms with van der Waals surface area (Å²) < 4.78 is 0. The second kappa shape index (κ2) is 8.06. The monoisotopic (exact) mass is 485 g/mol. The molecule has 0 spiro atoms. The molecule has 5 nitrogen and oxygen atoms in total. The first-order valence-electron chi connectivity index (χ1n) is 14.0. The van der Waals surface area contributed by atoms with E-state index < -0.39 is 0 Å². The first-order chi connectivity index (χ1) is 17.4. The minimum atomic E-state index is 0.0847. The lowest BCUT2D eigenvalue weighted by Gasteiger charge is -2.66. The molecule has 5 heteroatoms. The van der Waals surface area contributed by atoms with E-state index in [1.807, 2.05) is 36.4 Å². The minimum Gasteiger partial charge on any atom is -0.508 e. The number of benzene rings is 2. The predicted octanol–water partition coefficient (Wildman–Crippen LogP) is 4.15. The fourth-order valence-corrected chi connectivity index (χ4v) is 9.93. The fourth-order valence-electron chi connectivity index (χ4n) is 9.93. The van der Waals surface area contributed by atoms with E-state index in [1.54, 1.807) is 0 Å². The summed E-state index contributed by atoms with van der Waals surface area (Å²) in [6.45, 7) is 4.34. The van der Waals surface area contributed by atoms with Gasteiger partial charge in [-0.1, -0.05) is 24.3 Å². The molecule has 36 heavy (non-hydrogen) atoms. The number of piperidine rings is 1. The van der Waals surface area contributed by atoms with Crippen molar-refractivity contribution < 1.29 is 9.90 Å². The molecule has 6 atom stereocenters. The van der Waals surface area contributed by atoms with Crippen molar-refractivity contribution in [2.45, 2.75) is 56.0 Å². The molecule has 1 N–H and O–H groups in total. The Hall–Kier alpha value is -2.37. The number of rotatable bonds is 5. The van der Waals surface area contributed by atoms with E-state index in [0.29, 0.717) is 29.7 Å². The maximum absolute atomic E-state index is 13.7. The number of fused-ring (bicyclic) bond motifs is 1. The van der Waals surface area contributed by atoms with Gasteiger partial charge in [0.1, 0.15) is 5.75 Å². The standard InChI is InChI=1S/C31H39N3O2/c1-32(2)14-6-15-33-16-13-31-25-18-24(35)10-9-22(25)17-27(33)30(31)12-11-26-28(31)23(19-30)20-34(26)29(36)21-7-4-3-5-8-21/h3-5,7-10,18,23,26-28,35H,6,11-17,19-20H2,1-2H3/t23-,26?,27?,28?,30?,31?/m1/s1. The minimum absolute atomic E-state index is 0.0847. The van der Waals surface area contributed by atoms with Crippen LogP contribution in [0.25, 0.3) is 0 Å². The highest BCUT2D eigenvalue weighted by Crippen LogP contribution is 2.75. The van der Waals surface area contributed by atoms with Crippen molar-refractivity contribution in [1.29, 1.82) is 0 Å². The highest BCUT2D eigenvalue weighted by Gasteiger charge is 2.76. The number of carbonyl (C=O) groups is 1. The van der Waals surface area contributed by atoms with Gasteiger partial charge in [-0.25, -0.2) is 0 Å². The van der Waals surface area contributed by atoms with E-state index in [-0.39, 0.29) is 16.7 Å². The van der Waals surface area contributed by atoms with Crippen LogP contribution >= 0.6 is 0 Å². The number of aromatic hydroxyl groups is 1. The van der Waals surface area contributed by atoms with Crippen LogP contribution in [0, 0.1) is 17.3 Å². The average molecular weight is 486 g/mol. The fraction of sp³-hybridized carbons (Fsp3) is 0.581. The van der Waals surface area contributed by atoms with Crippen molar-refractivity contribution in [3.05, 3.63) is 65.2 Å². The molecule has 2 aliphatic heterocycles. The summed E-state index contributed by atoms with van der Waals surface area (Å²) in [5, 5.41) is 10.6. The highest BCUT2D eigenvalue weighted by molar-refractivity contribution is 5.94. The second-order valence-electron chi connectivity index (χ2n) is 12.6. The summed E-state index contributed by atoms with van der Waals surface area (Å²) in [4.78, 5) is 21.1. The third-order valence-corrected chi connectivity index (χ3v) is 10.9. The summed E-state index contributed by atoms with van der Waals surface area (Å²) in [5.41, 5.74) is 4.05. The maximum Gasteiger partial charge on any atom is 0.254 e. The number of phenols is 1. The average Bonchev–Trinajstić information content (AvgIpc) is 3.32. The first-order valence-corrected chi connectivity index (χ1v) is 14.0. The molecule has 2 saturated heterocycles. The van der Waals surface area contributed by atoms with Gasteiger partial charge >= 0.3 is 0 Å². The number of likely N-dealkylation sites (tertiary alicyclic amines) is 2. The van der Waals surface area contributed by atoms with E-state index >= 15 is 0 Å². The molecular weight excluding hydrogens is 446 g/mol. The molecule has 2 heterocycles. The molecule has 2 aromatic rings. The first kappa shape index (κ1) is 22.8.